The first kappa shape index (κ1) is 19.3. The van der Waals surface area contributed by atoms with Gasteiger partial charge in [-0.1, -0.05) is 29.5 Å². The number of benzene rings is 2. The Bertz CT molecular complexity index is 1030. The highest BCUT2D eigenvalue weighted by Gasteiger charge is 2.24. The molecule has 3 aromatic rings. The van der Waals surface area contributed by atoms with Crippen molar-refractivity contribution in [3.05, 3.63) is 42.0 Å². The number of nitrogens with one attached hydrogen (secondary N) is 1. The Morgan fingerprint density at radius 3 is 2.48 bits per heavy atom. The summed E-state index contributed by atoms with van der Waals surface area (Å²) in [6, 6.07) is 11.3. The summed E-state index contributed by atoms with van der Waals surface area (Å²) in [5.41, 5.74) is 2.78. The smallest absolute Gasteiger partial charge is 0.322 e. The molecule has 7 nitrogen and oxygen atoms in total. The molecule has 4 rings (SSSR count). The van der Waals surface area contributed by atoms with Crippen LogP contribution in [0.2, 0.25) is 0 Å². The number of nitrogens with zero attached hydrogens (tertiary/aromatic N) is 3. The molecule has 2 heterocycles. The van der Waals surface area contributed by atoms with Gasteiger partial charge in [-0.25, -0.2) is 9.78 Å². The number of carbonyl (C=O) groups excluding carboxylic acids is 1. The zero-order chi connectivity index (χ0) is 20.4. The molecule has 2 aromatic carbocycles. The minimum atomic E-state index is -0.115. The van der Waals surface area contributed by atoms with Gasteiger partial charge in [0.15, 0.2) is 5.13 Å². The zero-order valence-electron chi connectivity index (χ0n) is 16.8. The van der Waals surface area contributed by atoms with E-state index >= 15 is 0 Å². The van der Waals surface area contributed by atoms with E-state index in [0.717, 1.165) is 34.2 Å². The van der Waals surface area contributed by atoms with E-state index < -0.39 is 0 Å². The number of para-hydroxylation sites is 2. The SMILES string of the molecule is COc1ccccc1NC(=O)N1CCN(c2nc3c(OC)ccc(C)c3s2)CC1. The number of rotatable bonds is 4. The van der Waals surface area contributed by atoms with E-state index in [9.17, 15) is 4.79 Å². The van der Waals surface area contributed by atoms with E-state index in [2.05, 4.69) is 23.2 Å². The molecule has 152 valence electrons. The Morgan fingerprint density at radius 1 is 1.03 bits per heavy atom. The van der Waals surface area contributed by atoms with Gasteiger partial charge in [0.25, 0.3) is 0 Å². The lowest BCUT2D eigenvalue weighted by Crippen LogP contribution is -2.50. The van der Waals surface area contributed by atoms with Gasteiger partial charge in [-0.15, -0.1) is 0 Å². The predicted molar refractivity (Wildman–Crippen MR) is 117 cm³/mol. The van der Waals surface area contributed by atoms with Crippen LogP contribution in [0.5, 0.6) is 11.5 Å². The van der Waals surface area contributed by atoms with Crippen LogP contribution in [0.15, 0.2) is 36.4 Å². The molecule has 1 aromatic heterocycles. The number of fused-ring (bicyclic) bond motifs is 1. The molecule has 0 radical (unpaired) electrons. The lowest BCUT2D eigenvalue weighted by atomic mass is 10.2. The highest BCUT2D eigenvalue weighted by molar-refractivity contribution is 7.22. The quantitative estimate of drug-likeness (QED) is 0.702. The van der Waals surface area contributed by atoms with Gasteiger partial charge in [0.1, 0.15) is 17.0 Å². The van der Waals surface area contributed by atoms with E-state index in [0.29, 0.717) is 24.5 Å². The average molecular weight is 413 g/mol. The van der Waals surface area contributed by atoms with Crippen molar-refractivity contribution in [1.82, 2.24) is 9.88 Å². The molecule has 0 saturated carbocycles. The Morgan fingerprint density at radius 2 is 1.76 bits per heavy atom. The van der Waals surface area contributed by atoms with Crippen LogP contribution in [-0.4, -0.2) is 56.3 Å². The van der Waals surface area contributed by atoms with Crippen molar-refractivity contribution < 1.29 is 14.3 Å². The van der Waals surface area contributed by atoms with E-state index in [4.69, 9.17) is 14.5 Å². The molecule has 1 saturated heterocycles. The number of urea groups is 1. The van der Waals surface area contributed by atoms with Crippen LogP contribution in [-0.2, 0) is 0 Å². The maximum atomic E-state index is 12.7. The maximum absolute atomic E-state index is 12.7. The minimum Gasteiger partial charge on any atom is -0.495 e. The second-order valence-electron chi connectivity index (χ2n) is 6.86. The van der Waals surface area contributed by atoms with Crippen LogP contribution >= 0.6 is 11.3 Å². The van der Waals surface area contributed by atoms with Gasteiger partial charge >= 0.3 is 6.03 Å². The summed E-state index contributed by atoms with van der Waals surface area (Å²) in [6.07, 6.45) is 0. The number of aryl methyl sites for hydroxylation is 1. The molecular weight excluding hydrogens is 388 g/mol. The van der Waals surface area contributed by atoms with E-state index in [1.807, 2.05) is 35.2 Å². The van der Waals surface area contributed by atoms with Crippen LogP contribution in [0.3, 0.4) is 0 Å². The van der Waals surface area contributed by atoms with Gasteiger partial charge in [-0.05, 0) is 30.7 Å². The monoisotopic (exact) mass is 412 g/mol. The minimum absolute atomic E-state index is 0.115. The first-order valence-corrected chi connectivity index (χ1v) is 10.3. The largest absolute Gasteiger partial charge is 0.495 e. The third-order valence-electron chi connectivity index (χ3n) is 5.10. The molecule has 0 atom stereocenters. The van der Waals surface area contributed by atoms with Crippen molar-refractivity contribution >= 4 is 38.4 Å². The van der Waals surface area contributed by atoms with Crippen molar-refractivity contribution in [3.63, 3.8) is 0 Å². The fourth-order valence-corrected chi connectivity index (χ4v) is 4.54. The highest BCUT2D eigenvalue weighted by Crippen LogP contribution is 2.36. The fourth-order valence-electron chi connectivity index (χ4n) is 3.44. The number of hydrogen-bond donors (Lipinski definition) is 1. The molecular formula is C21H24N4O3S. The zero-order valence-corrected chi connectivity index (χ0v) is 17.6. The van der Waals surface area contributed by atoms with Crippen LogP contribution in [0.25, 0.3) is 10.2 Å². The molecule has 29 heavy (non-hydrogen) atoms. The molecule has 1 aliphatic heterocycles. The van der Waals surface area contributed by atoms with E-state index in [1.165, 1.54) is 5.56 Å². The summed E-state index contributed by atoms with van der Waals surface area (Å²) in [4.78, 5) is 21.5. The van der Waals surface area contributed by atoms with E-state index in [1.54, 1.807) is 25.6 Å². The van der Waals surface area contributed by atoms with Gasteiger partial charge in [0, 0.05) is 26.2 Å². The van der Waals surface area contributed by atoms with Crippen molar-refractivity contribution in [1.29, 1.82) is 0 Å². The number of piperazine rings is 1. The second-order valence-corrected chi connectivity index (χ2v) is 7.84. The van der Waals surface area contributed by atoms with Crippen LogP contribution in [0.1, 0.15) is 5.56 Å². The Hall–Kier alpha value is -3.00. The number of anilines is 2. The molecule has 1 N–H and O–H groups in total. The first-order valence-electron chi connectivity index (χ1n) is 9.48. The molecule has 0 bridgehead atoms. The number of aromatic nitrogens is 1. The lowest BCUT2D eigenvalue weighted by Gasteiger charge is -2.34. The summed E-state index contributed by atoms with van der Waals surface area (Å²) in [5.74, 6) is 1.45. The number of thiazole rings is 1. The maximum Gasteiger partial charge on any atom is 0.322 e. The van der Waals surface area contributed by atoms with Gasteiger partial charge in [0.05, 0.1) is 24.6 Å². The molecule has 1 aliphatic rings. The molecule has 2 amide bonds. The second kappa shape index (κ2) is 8.16. The third kappa shape index (κ3) is 3.80. The number of ether oxygens (including phenoxy) is 2. The lowest BCUT2D eigenvalue weighted by molar-refractivity contribution is 0.208. The number of carbonyl (C=O) groups is 1. The summed E-state index contributed by atoms with van der Waals surface area (Å²) in [7, 11) is 3.26. The van der Waals surface area contributed by atoms with Crippen molar-refractivity contribution in [3.8, 4) is 11.5 Å². The molecule has 0 unspecified atom stereocenters. The molecule has 0 spiro atoms. The Labute approximate surface area is 173 Å². The van der Waals surface area contributed by atoms with Crippen LogP contribution < -0.4 is 19.7 Å². The number of methoxy groups -OCH3 is 2. The highest BCUT2D eigenvalue weighted by atomic mass is 32.1. The summed E-state index contributed by atoms with van der Waals surface area (Å²) < 4.78 is 11.9. The summed E-state index contributed by atoms with van der Waals surface area (Å²) >= 11 is 1.68. The van der Waals surface area contributed by atoms with Crippen molar-refractivity contribution in [2.45, 2.75) is 6.92 Å². The van der Waals surface area contributed by atoms with Crippen molar-refractivity contribution in [2.24, 2.45) is 0 Å². The average Bonchev–Trinajstić information content (AvgIpc) is 3.21. The standard InChI is InChI=1S/C21H24N4O3S/c1-14-8-9-17(28-3)18-19(14)29-21(23-18)25-12-10-24(11-13-25)20(26)22-15-6-4-5-7-16(15)27-2/h4-9H,10-13H2,1-3H3,(H,22,26). The van der Waals surface area contributed by atoms with Gasteiger partial charge in [-0.2, -0.15) is 0 Å². The number of amides is 2. The van der Waals surface area contributed by atoms with Crippen LogP contribution in [0.4, 0.5) is 15.6 Å². The number of hydrogen-bond acceptors (Lipinski definition) is 6. The van der Waals surface area contributed by atoms with E-state index in [-0.39, 0.29) is 6.03 Å². The van der Waals surface area contributed by atoms with Gasteiger partial charge < -0.3 is 24.6 Å². The summed E-state index contributed by atoms with van der Waals surface area (Å²) in [5, 5.41) is 3.91. The predicted octanol–water partition coefficient (Wildman–Crippen LogP) is 3.98. The molecule has 0 aliphatic carbocycles. The Kier molecular flexibility index (Phi) is 5.44. The van der Waals surface area contributed by atoms with Gasteiger partial charge in [0.2, 0.25) is 0 Å². The summed E-state index contributed by atoms with van der Waals surface area (Å²) in [6.45, 7) is 4.82. The van der Waals surface area contributed by atoms with Crippen LogP contribution in [0, 0.1) is 6.92 Å². The third-order valence-corrected chi connectivity index (χ3v) is 6.35. The van der Waals surface area contributed by atoms with Gasteiger partial charge in [-0.3, -0.25) is 0 Å². The topological polar surface area (TPSA) is 66.9 Å². The molecule has 1 fully saturated rings. The molecule has 8 heteroatoms. The Balaban J connectivity index is 1.43. The fraction of sp³-hybridized carbons (Fsp3) is 0.333. The normalized spacial score (nSPS) is 14.2. The van der Waals surface area contributed by atoms with Crippen molar-refractivity contribution in [2.75, 3.05) is 50.6 Å². The first-order chi connectivity index (χ1) is 14.1.